The highest BCUT2D eigenvalue weighted by Gasteiger charge is 2.16. The van der Waals surface area contributed by atoms with E-state index < -0.39 is 5.97 Å². The Balaban J connectivity index is 1.61. The van der Waals surface area contributed by atoms with Gasteiger partial charge in [0, 0.05) is 17.9 Å². The van der Waals surface area contributed by atoms with Crippen LogP contribution in [0.1, 0.15) is 59.2 Å². The first-order valence-corrected chi connectivity index (χ1v) is 9.38. The number of anilines is 2. The first-order valence-electron chi connectivity index (χ1n) is 9.38. The van der Waals surface area contributed by atoms with E-state index in [1.54, 1.807) is 36.5 Å². The van der Waals surface area contributed by atoms with E-state index >= 15 is 0 Å². The molecule has 0 aliphatic heterocycles. The number of carbonyl (C=O) groups is 2. The molecule has 3 rings (SSSR count). The summed E-state index contributed by atoms with van der Waals surface area (Å²) in [6.45, 7) is 0. The number of nitrogens with one attached hydrogen (secondary N) is 2. The molecule has 2 aromatic rings. The molecule has 27 heavy (non-hydrogen) atoms. The Morgan fingerprint density at radius 2 is 1.81 bits per heavy atom. The van der Waals surface area contributed by atoms with Gasteiger partial charge in [-0.25, -0.2) is 9.78 Å². The Morgan fingerprint density at radius 1 is 1.04 bits per heavy atom. The molecule has 2 N–H and O–H groups in total. The third kappa shape index (κ3) is 5.29. The molecule has 1 aliphatic rings. The quantitative estimate of drug-likeness (QED) is 0.615. The van der Waals surface area contributed by atoms with Crippen molar-refractivity contribution in [3.63, 3.8) is 0 Å². The van der Waals surface area contributed by atoms with E-state index in [-0.39, 0.29) is 11.9 Å². The molecule has 1 aromatic carbocycles. The van der Waals surface area contributed by atoms with Crippen LogP contribution in [0.4, 0.5) is 11.5 Å². The van der Waals surface area contributed by atoms with Crippen molar-refractivity contribution in [2.75, 3.05) is 12.4 Å². The van der Waals surface area contributed by atoms with Crippen LogP contribution in [-0.4, -0.2) is 30.0 Å². The average molecular weight is 367 g/mol. The molecule has 6 heteroatoms. The highest BCUT2D eigenvalue weighted by molar-refractivity contribution is 5.94. The van der Waals surface area contributed by atoms with E-state index in [9.17, 15) is 9.59 Å². The van der Waals surface area contributed by atoms with Crippen LogP contribution < -0.4 is 10.6 Å². The van der Waals surface area contributed by atoms with Crippen molar-refractivity contribution >= 4 is 23.4 Å². The standard InChI is InChI=1S/C21H25N3O3/c1-27-21(26)15-7-6-10-18(13-15)23-19-12-11-16(14-22-19)20(25)24-17-8-4-2-3-5-9-17/h6-7,10-14,17H,2-5,8-9H2,1H3,(H,22,23)(H,24,25). The van der Waals surface area contributed by atoms with Crippen LogP contribution in [-0.2, 0) is 4.74 Å². The summed E-state index contributed by atoms with van der Waals surface area (Å²) in [5.41, 5.74) is 1.73. The van der Waals surface area contributed by atoms with E-state index in [0.717, 1.165) is 18.5 Å². The zero-order valence-electron chi connectivity index (χ0n) is 15.5. The molecule has 0 radical (unpaired) electrons. The van der Waals surface area contributed by atoms with Crippen LogP contribution >= 0.6 is 0 Å². The lowest BCUT2D eigenvalue weighted by atomic mass is 10.1. The minimum atomic E-state index is -0.392. The van der Waals surface area contributed by atoms with E-state index in [1.807, 2.05) is 6.07 Å². The molecule has 0 atom stereocenters. The number of ether oxygens (including phenoxy) is 1. The minimum Gasteiger partial charge on any atom is -0.465 e. The van der Waals surface area contributed by atoms with Gasteiger partial charge in [0.2, 0.25) is 0 Å². The number of amides is 1. The molecule has 1 saturated carbocycles. The third-order valence-electron chi connectivity index (χ3n) is 4.77. The second kappa shape index (κ2) is 9.16. The van der Waals surface area contributed by atoms with Gasteiger partial charge in [0.25, 0.3) is 5.91 Å². The maximum Gasteiger partial charge on any atom is 0.337 e. The van der Waals surface area contributed by atoms with Crippen LogP contribution in [0.15, 0.2) is 42.6 Å². The normalized spacial score (nSPS) is 14.9. The van der Waals surface area contributed by atoms with Crippen molar-refractivity contribution in [3.8, 4) is 0 Å². The molecule has 6 nitrogen and oxygen atoms in total. The molecule has 142 valence electrons. The number of hydrogen-bond donors (Lipinski definition) is 2. The Labute approximate surface area is 159 Å². The molecule has 1 amide bonds. The molecule has 0 unspecified atom stereocenters. The fraction of sp³-hybridized carbons (Fsp3) is 0.381. The summed E-state index contributed by atoms with van der Waals surface area (Å²) in [6.07, 6.45) is 8.54. The van der Waals surface area contributed by atoms with Crippen molar-refractivity contribution < 1.29 is 14.3 Å². The predicted octanol–water partition coefficient (Wildman–Crippen LogP) is 4.06. The summed E-state index contributed by atoms with van der Waals surface area (Å²) in [6, 6.07) is 10.8. The maximum absolute atomic E-state index is 12.4. The smallest absolute Gasteiger partial charge is 0.337 e. The Morgan fingerprint density at radius 3 is 2.48 bits per heavy atom. The number of aromatic nitrogens is 1. The summed E-state index contributed by atoms with van der Waals surface area (Å²) in [4.78, 5) is 28.4. The van der Waals surface area contributed by atoms with Crippen LogP contribution in [0, 0.1) is 0 Å². The highest BCUT2D eigenvalue weighted by Crippen LogP contribution is 2.19. The number of pyridine rings is 1. The second-order valence-corrected chi connectivity index (χ2v) is 6.79. The minimum absolute atomic E-state index is 0.0753. The van der Waals surface area contributed by atoms with E-state index in [4.69, 9.17) is 4.74 Å². The van der Waals surface area contributed by atoms with Crippen LogP contribution in [0.2, 0.25) is 0 Å². The zero-order valence-corrected chi connectivity index (χ0v) is 15.5. The van der Waals surface area contributed by atoms with Crippen molar-refractivity contribution in [3.05, 3.63) is 53.7 Å². The van der Waals surface area contributed by atoms with Gasteiger partial charge in [0.05, 0.1) is 18.2 Å². The average Bonchev–Trinajstić information content (AvgIpc) is 2.97. The molecule has 0 bridgehead atoms. The van der Waals surface area contributed by atoms with Gasteiger partial charge < -0.3 is 15.4 Å². The third-order valence-corrected chi connectivity index (χ3v) is 4.77. The SMILES string of the molecule is COC(=O)c1cccc(Nc2ccc(C(=O)NC3CCCCCC3)cn2)c1. The molecule has 1 fully saturated rings. The monoisotopic (exact) mass is 367 g/mol. The number of benzene rings is 1. The van der Waals surface area contributed by atoms with Crippen molar-refractivity contribution in [2.45, 2.75) is 44.6 Å². The summed E-state index contributed by atoms with van der Waals surface area (Å²) < 4.78 is 4.73. The molecular formula is C21H25N3O3. The lowest BCUT2D eigenvalue weighted by molar-refractivity contribution is 0.0600. The maximum atomic E-state index is 12.4. The lowest BCUT2D eigenvalue weighted by Gasteiger charge is -2.16. The fourth-order valence-corrected chi connectivity index (χ4v) is 3.28. The number of hydrogen-bond acceptors (Lipinski definition) is 5. The summed E-state index contributed by atoms with van der Waals surface area (Å²) in [5, 5.41) is 6.25. The number of rotatable bonds is 5. The first-order chi connectivity index (χ1) is 13.2. The lowest BCUT2D eigenvalue weighted by Crippen LogP contribution is -2.34. The number of nitrogens with zero attached hydrogens (tertiary/aromatic N) is 1. The second-order valence-electron chi connectivity index (χ2n) is 6.79. The van der Waals surface area contributed by atoms with Gasteiger partial charge in [0.15, 0.2) is 0 Å². The zero-order chi connectivity index (χ0) is 19.1. The van der Waals surface area contributed by atoms with Gasteiger partial charge in [-0.2, -0.15) is 0 Å². The summed E-state index contributed by atoms with van der Waals surface area (Å²) in [5.74, 6) is 0.133. The number of carbonyl (C=O) groups excluding carboxylic acids is 2. The van der Waals surface area contributed by atoms with Gasteiger partial charge in [0.1, 0.15) is 5.82 Å². The molecular weight excluding hydrogens is 342 g/mol. The number of methoxy groups -OCH3 is 1. The molecule has 0 saturated heterocycles. The fourth-order valence-electron chi connectivity index (χ4n) is 3.28. The molecule has 1 aromatic heterocycles. The van der Waals surface area contributed by atoms with Crippen molar-refractivity contribution in [1.82, 2.24) is 10.3 Å². The highest BCUT2D eigenvalue weighted by atomic mass is 16.5. The summed E-state index contributed by atoms with van der Waals surface area (Å²) >= 11 is 0. The molecule has 1 aliphatic carbocycles. The van der Waals surface area contributed by atoms with Crippen LogP contribution in [0.5, 0.6) is 0 Å². The Bertz CT molecular complexity index is 782. The largest absolute Gasteiger partial charge is 0.465 e. The Kier molecular flexibility index (Phi) is 6.41. The van der Waals surface area contributed by atoms with Gasteiger partial charge in [-0.1, -0.05) is 31.7 Å². The van der Waals surface area contributed by atoms with E-state index in [0.29, 0.717) is 16.9 Å². The molecule has 0 spiro atoms. The first kappa shape index (κ1) is 18.9. The van der Waals surface area contributed by atoms with Gasteiger partial charge in [-0.05, 0) is 43.2 Å². The van der Waals surface area contributed by atoms with Crippen LogP contribution in [0.25, 0.3) is 0 Å². The van der Waals surface area contributed by atoms with Crippen LogP contribution in [0.3, 0.4) is 0 Å². The summed E-state index contributed by atoms with van der Waals surface area (Å²) in [7, 11) is 1.35. The van der Waals surface area contributed by atoms with Gasteiger partial charge in [-0.15, -0.1) is 0 Å². The Hall–Kier alpha value is -2.89. The molecule has 1 heterocycles. The van der Waals surface area contributed by atoms with Crippen molar-refractivity contribution in [1.29, 1.82) is 0 Å². The van der Waals surface area contributed by atoms with Gasteiger partial charge >= 0.3 is 5.97 Å². The van der Waals surface area contributed by atoms with E-state index in [2.05, 4.69) is 15.6 Å². The topological polar surface area (TPSA) is 80.3 Å². The number of esters is 1. The van der Waals surface area contributed by atoms with E-state index in [1.165, 1.54) is 32.8 Å². The predicted molar refractivity (Wildman–Crippen MR) is 104 cm³/mol. The van der Waals surface area contributed by atoms with Gasteiger partial charge in [-0.3, -0.25) is 4.79 Å². The van der Waals surface area contributed by atoms with Crippen molar-refractivity contribution in [2.24, 2.45) is 0 Å².